The van der Waals surface area contributed by atoms with Crippen LogP contribution < -0.4 is 5.43 Å². The fourth-order valence-electron chi connectivity index (χ4n) is 2.35. The van der Waals surface area contributed by atoms with Crippen molar-refractivity contribution in [1.29, 1.82) is 0 Å². The van der Waals surface area contributed by atoms with Crippen molar-refractivity contribution in [3.8, 4) is 11.4 Å². The third-order valence-corrected chi connectivity index (χ3v) is 3.57. The normalized spacial score (nSPS) is 10.9. The van der Waals surface area contributed by atoms with Crippen molar-refractivity contribution in [2.24, 2.45) is 5.10 Å². The van der Waals surface area contributed by atoms with E-state index in [0.29, 0.717) is 5.56 Å². The lowest BCUT2D eigenvalue weighted by molar-refractivity contribution is -0.120. The van der Waals surface area contributed by atoms with E-state index in [0.717, 1.165) is 11.4 Å². The van der Waals surface area contributed by atoms with Gasteiger partial charge >= 0.3 is 0 Å². The van der Waals surface area contributed by atoms with Crippen LogP contribution in [0.3, 0.4) is 0 Å². The number of aromatic nitrogens is 1. The van der Waals surface area contributed by atoms with Crippen LogP contribution in [-0.4, -0.2) is 21.8 Å². The van der Waals surface area contributed by atoms with Gasteiger partial charge in [-0.1, -0.05) is 12.1 Å². The van der Waals surface area contributed by atoms with Crippen molar-refractivity contribution in [2.45, 2.75) is 6.42 Å². The fraction of sp³-hybridized carbons (Fsp3) is 0.0526. The Hall–Kier alpha value is -3.41. The summed E-state index contributed by atoms with van der Waals surface area (Å²) in [5.74, 6) is -0.429. The molecule has 25 heavy (non-hydrogen) atoms. The number of phenols is 1. The molecule has 5 nitrogen and oxygen atoms in total. The van der Waals surface area contributed by atoms with Crippen LogP contribution in [0, 0.1) is 5.82 Å². The number of phenolic OH excluding ortho intramolecular Hbond substituents is 1. The molecule has 3 aromatic rings. The Morgan fingerprint density at radius 3 is 2.56 bits per heavy atom. The number of hydrogen-bond donors (Lipinski definition) is 2. The minimum absolute atomic E-state index is 0.122. The van der Waals surface area contributed by atoms with Crippen LogP contribution in [-0.2, 0) is 11.2 Å². The topological polar surface area (TPSA) is 66.6 Å². The molecule has 6 heteroatoms. The third kappa shape index (κ3) is 4.32. The largest absolute Gasteiger partial charge is 0.508 e. The minimum atomic E-state index is -0.336. The predicted octanol–water partition coefficient (Wildman–Crippen LogP) is 3.01. The van der Waals surface area contributed by atoms with Gasteiger partial charge in [0.15, 0.2) is 0 Å². The SMILES string of the molecule is O=C(Cc1ccc(F)cc1)N/N=C/c1cccn1-c1ccc(O)cc1. The number of hydrazone groups is 1. The summed E-state index contributed by atoms with van der Waals surface area (Å²) in [5.41, 5.74) is 4.80. The number of aromatic hydroxyl groups is 1. The van der Waals surface area contributed by atoms with E-state index >= 15 is 0 Å². The van der Waals surface area contributed by atoms with Crippen LogP contribution in [0.4, 0.5) is 4.39 Å². The monoisotopic (exact) mass is 337 g/mol. The van der Waals surface area contributed by atoms with Gasteiger partial charge in [-0.25, -0.2) is 9.82 Å². The van der Waals surface area contributed by atoms with E-state index in [4.69, 9.17) is 0 Å². The predicted molar refractivity (Wildman–Crippen MR) is 93.3 cm³/mol. The van der Waals surface area contributed by atoms with E-state index in [1.54, 1.807) is 36.4 Å². The van der Waals surface area contributed by atoms with Crippen LogP contribution in [0.15, 0.2) is 72.0 Å². The van der Waals surface area contributed by atoms with Crippen molar-refractivity contribution < 1.29 is 14.3 Å². The Kier molecular flexibility index (Phi) is 4.89. The summed E-state index contributed by atoms with van der Waals surface area (Å²) in [6, 6.07) is 16.2. The van der Waals surface area contributed by atoms with Crippen LogP contribution in [0.5, 0.6) is 5.75 Å². The number of amides is 1. The number of carbonyl (C=O) groups is 1. The Bertz CT molecular complexity index is 884. The Morgan fingerprint density at radius 2 is 1.84 bits per heavy atom. The van der Waals surface area contributed by atoms with Crippen LogP contribution >= 0.6 is 0 Å². The molecule has 0 aliphatic heterocycles. The van der Waals surface area contributed by atoms with E-state index in [9.17, 15) is 14.3 Å². The molecule has 0 unspecified atom stereocenters. The first-order valence-electron chi connectivity index (χ1n) is 7.65. The number of carbonyl (C=O) groups excluding carboxylic acids is 1. The number of hydrogen-bond acceptors (Lipinski definition) is 3. The van der Waals surface area contributed by atoms with E-state index in [-0.39, 0.29) is 23.9 Å². The van der Waals surface area contributed by atoms with Crippen molar-refractivity contribution >= 4 is 12.1 Å². The highest BCUT2D eigenvalue weighted by Crippen LogP contribution is 2.15. The van der Waals surface area contributed by atoms with Crippen molar-refractivity contribution in [3.05, 3.63) is 83.9 Å². The van der Waals surface area contributed by atoms with Crippen LogP contribution in [0.25, 0.3) is 5.69 Å². The second-order valence-corrected chi connectivity index (χ2v) is 5.42. The van der Waals surface area contributed by atoms with Gasteiger partial charge in [-0.05, 0) is 54.1 Å². The number of nitrogens with one attached hydrogen (secondary N) is 1. The highest BCUT2D eigenvalue weighted by atomic mass is 19.1. The first-order chi connectivity index (χ1) is 12.1. The standard InChI is InChI=1S/C19H16FN3O2/c20-15-5-3-14(4-6-15)12-19(25)22-21-13-17-2-1-11-23(17)16-7-9-18(24)10-8-16/h1-11,13,24H,12H2,(H,22,25)/b21-13+. The Balaban J connectivity index is 1.63. The van der Waals surface area contributed by atoms with Gasteiger partial charge < -0.3 is 9.67 Å². The number of rotatable bonds is 5. The van der Waals surface area contributed by atoms with E-state index < -0.39 is 0 Å². The molecule has 0 saturated carbocycles. The molecule has 0 fully saturated rings. The zero-order valence-corrected chi connectivity index (χ0v) is 13.3. The van der Waals surface area contributed by atoms with Gasteiger partial charge in [0.1, 0.15) is 11.6 Å². The number of halogens is 1. The molecule has 2 aromatic carbocycles. The minimum Gasteiger partial charge on any atom is -0.508 e. The molecule has 1 aromatic heterocycles. The highest BCUT2D eigenvalue weighted by Gasteiger charge is 2.04. The van der Waals surface area contributed by atoms with E-state index in [2.05, 4.69) is 10.5 Å². The van der Waals surface area contributed by atoms with Gasteiger partial charge in [-0.2, -0.15) is 5.10 Å². The number of benzene rings is 2. The summed E-state index contributed by atoms with van der Waals surface area (Å²) in [6.45, 7) is 0. The maximum Gasteiger partial charge on any atom is 0.244 e. The van der Waals surface area contributed by atoms with Crippen LogP contribution in [0.2, 0.25) is 0 Å². The molecule has 0 atom stereocenters. The van der Waals surface area contributed by atoms with Gasteiger partial charge in [0, 0.05) is 11.9 Å². The lowest BCUT2D eigenvalue weighted by Gasteiger charge is -2.06. The molecule has 0 spiro atoms. The maximum atomic E-state index is 12.8. The lowest BCUT2D eigenvalue weighted by atomic mass is 10.1. The Labute approximate surface area is 144 Å². The zero-order valence-electron chi connectivity index (χ0n) is 13.3. The van der Waals surface area contributed by atoms with Gasteiger partial charge in [0.25, 0.3) is 0 Å². The second-order valence-electron chi connectivity index (χ2n) is 5.42. The molecule has 0 saturated heterocycles. The molecule has 1 heterocycles. The lowest BCUT2D eigenvalue weighted by Crippen LogP contribution is -2.20. The van der Waals surface area contributed by atoms with Gasteiger partial charge in [-0.15, -0.1) is 0 Å². The van der Waals surface area contributed by atoms with E-state index in [1.165, 1.54) is 18.3 Å². The smallest absolute Gasteiger partial charge is 0.244 e. The van der Waals surface area contributed by atoms with Gasteiger partial charge in [-0.3, -0.25) is 4.79 Å². The molecule has 126 valence electrons. The van der Waals surface area contributed by atoms with Crippen LogP contribution in [0.1, 0.15) is 11.3 Å². The van der Waals surface area contributed by atoms with Crippen molar-refractivity contribution in [3.63, 3.8) is 0 Å². The first-order valence-corrected chi connectivity index (χ1v) is 7.65. The average molecular weight is 337 g/mol. The molecule has 3 rings (SSSR count). The van der Waals surface area contributed by atoms with Crippen molar-refractivity contribution in [1.82, 2.24) is 9.99 Å². The summed E-state index contributed by atoms with van der Waals surface area (Å²) < 4.78 is 14.7. The quantitative estimate of drug-likeness (QED) is 0.555. The molecule has 1 amide bonds. The highest BCUT2D eigenvalue weighted by molar-refractivity contribution is 5.82. The number of nitrogens with zero attached hydrogens (tertiary/aromatic N) is 2. The van der Waals surface area contributed by atoms with E-state index in [1.807, 2.05) is 22.9 Å². The summed E-state index contributed by atoms with van der Waals surface area (Å²) in [7, 11) is 0. The first kappa shape index (κ1) is 16.4. The summed E-state index contributed by atoms with van der Waals surface area (Å²) in [6.07, 6.45) is 3.51. The summed E-state index contributed by atoms with van der Waals surface area (Å²) in [5, 5.41) is 13.3. The third-order valence-electron chi connectivity index (χ3n) is 3.57. The maximum absolute atomic E-state index is 12.8. The summed E-state index contributed by atoms with van der Waals surface area (Å²) >= 11 is 0. The second kappa shape index (κ2) is 7.44. The molecule has 0 aliphatic carbocycles. The molecular weight excluding hydrogens is 321 g/mol. The van der Waals surface area contributed by atoms with Gasteiger partial charge in [0.05, 0.1) is 18.3 Å². The molecule has 0 aliphatic rings. The molecular formula is C19H16FN3O2. The fourth-order valence-corrected chi connectivity index (χ4v) is 2.35. The molecule has 0 radical (unpaired) electrons. The molecule has 2 N–H and O–H groups in total. The Morgan fingerprint density at radius 1 is 1.12 bits per heavy atom. The zero-order chi connectivity index (χ0) is 17.6. The van der Waals surface area contributed by atoms with Gasteiger partial charge in [0.2, 0.25) is 5.91 Å². The summed E-state index contributed by atoms with van der Waals surface area (Å²) in [4.78, 5) is 11.9. The van der Waals surface area contributed by atoms with Crippen molar-refractivity contribution in [2.75, 3.05) is 0 Å². The molecule has 0 bridgehead atoms. The average Bonchev–Trinajstić information content (AvgIpc) is 3.06.